The van der Waals surface area contributed by atoms with E-state index >= 15 is 0 Å². The summed E-state index contributed by atoms with van der Waals surface area (Å²) >= 11 is 0. The summed E-state index contributed by atoms with van der Waals surface area (Å²) < 4.78 is 6.08. The van der Waals surface area contributed by atoms with Crippen molar-refractivity contribution in [2.75, 3.05) is 6.61 Å². The summed E-state index contributed by atoms with van der Waals surface area (Å²) in [5, 5.41) is 10.1. The minimum Gasteiger partial charge on any atom is -0.481 e. The topological polar surface area (TPSA) is 46.5 Å². The van der Waals surface area contributed by atoms with E-state index in [1.807, 2.05) is 0 Å². The summed E-state index contributed by atoms with van der Waals surface area (Å²) in [7, 11) is 0. The Hall–Kier alpha value is -0.570. The lowest BCUT2D eigenvalue weighted by atomic mass is 9.60. The van der Waals surface area contributed by atoms with Crippen LogP contribution in [0.25, 0.3) is 0 Å². The average Bonchev–Trinajstić information content (AvgIpc) is 2.66. The van der Waals surface area contributed by atoms with E-state index in [9.17, 15) is 9.90 Å². The van der Waals surface area contributed by atoms with Crippen LogP contribution in [0.1, 0.15) is 110 Å². The van der Waals surface area contributed by atoms with E-state index in [0.29, 0.717) is 12.0 Å². The lowest BCUT2D eigenvalue weighted by Crippen LogP contribution is -2.44. The summed E-state index contributed by atoms with van der Waals surface area (Å²) in [4.78, 5) is 12.2. The number of hydrogen-bond acceptors (Lipinski definition) is 2. The fraction of sp³-hybridized carbons (Fsp3) is 0.957. The molecule has 26 heavy (non-hydrogen) atoms. The smallest absolute Gasteiger partial charge is 0.309 e. The van der Waals surface area contributed by atoms with Gasteiger partial charge in [0.25, 0.3) is 0 Å². The van der Waals surface area contributed by atoms with Crippen molar-refractivity contribution in [1.29, 1.82) is 0 Å². The Morgan fingerprint density at radius 3 is 2.15 bits per heavy atom. The van der Waals surface area contributed by atoms with Crippen LogP contribution in [0.2, 0.25) is 0 Å². The van der Waals surface area contributed by atoms with Gasteiger partial charge in [-0.05, 0) is 56.8 Å². The molecule has 3 nitrogen and oxygen atoms in total. The zero-order chi connectivity index (χ0) is 18.8. The number of aliphatic carboxylic acids is 1. The van der Waals surface area contributed by atoms with Crippen LogP contribution in [-0.2, 0) is 9.53 Å². The van der Waals surface area contributed by atoms with E-state index in [-0.39, 0.29) is 0 Å². The molecule has 2 rings (SSSR count). The molecule has 0 aromatic carbocycles. The highest BCUT2D eigenvalue weighted by atomic mass is 16.5. The first-order valence-corrected chi connectivity index (χ1v) is 11.5. The van der Waals surface area contributed by atoms with Crippen LogP contribution in [0.3, 0.4) is 0 Å². The molecule has 2 saturated carbocycles. The largest absolute Gasteiger partial charge is 0.481 e. The Labute approximate surface area is 161 Å². The van der Waals surface area contributed by atoms with Gasteiger partial charge in [-0.3, -0.25) is 4.79 Å². The molecule has 0 aromatic heterocycles. The van der Waals surface area contributed by atoms with Crippen molar-refractivity contribution in [3.8, 4) is 0 Å². The van der Waals surface area contributed by atoms with Crippen molar-refractivity contribution in [2.24, 2.45) is 17.3 Å². The first-order chi connectivity index (χ1) is 12.6. The second-order valence-electron chi connectivity index (χ2n) is 8.95. The van der Waals surface area contributed by atoms with Gasteiger partial charge in [-0.1, -0.05) is 65.2 Å². The zero-order valence-corrected chi connectivity index (χ0v) is 17.3. The van der Waals surface area contributed by atoms with Crippen LogP contribution >= 0.6 is 0 Å². The number of carbonyl (C=O) groups is 1. The minimum absolute atomic E-state index is 0.296. The standard InChI is InChI=1S/C23H42O3/c1-3-5-6-7-8-18-26-21-14-16-23(17-15-21,22(24)25)20-12-10-19(9-4-2)11-13-20/h19-21H,3-18H2,1-2H3,(H,24,25). The first kappa shape index (κ1) is 21.7. The van der Waals surface area contributed by atoms with Crippen molar-refractivity contribution >= 4 is 5.97 Å². The lowest BCUT2D eigenvalue weighted by Gasteiger charge is -2.45. The fourth-order valence-corrected chi connectivity index (χ4v) is 5.44. The van der Waals surface area contributed by atoms with Gasteiger partial charge in [0, 0.05) is 6.61 Å². The molecule has 0 atom stereocenters. The van der Waals surface area contributed by atoms with Gasteiger partial charge in [-0.25, -0.2) is 0 Å². The predicted octanol–water partition coefficient (Wildman–Crippen LogP) is 6.59. The van der Waals surface area contributed by atoms with Gasteiger partial charge >= 0.3 is 5.97 Å². The van der Waals surface area contributed by atoms with Crippen molar-refractivity contribution in [2.45, 2.75) is 116 Å². The predicted molar refractivity (Wildman–Crippen MR) is 107 cm³/mol. The molecule has 0 bridgehead atoms. The highest BCUT2D eigenvalue weighted by Crippen LogP contribution is 2.50. The second-order valence-corrected chi connectivity index (χ2v) is 8.95. The fourth-order valence-electron chi connectivity index (χ4n) is 5.44. The number of rotatable bonds is 11. The molecule has 1 N–H and O–H groups in total. The number of carboxylic acid groups (broad SMARTS) is 1. The maximum atomic E-state index is 12.2. The Morgan fingerprint density at radius 2 is 1.58 bits per heavy atom. The van der Waals surface area contributed by atoms with E-state index in [4.69, 9.17) is 4.74 Å². The van der Waals surface area contributed by atoms with Gasteiger partial charge in [0.1, 0.15) is 0 Å². The molecule has 2 aliphatic carbocycles. The highest BCUT2D eigenvalue weighted by molar-refractivity contribution is 5.75. The maximum Gasteiger partial charge on any atom is 0.309 e. The van der Waals surface area contributed by atoms with Crippen LogP contribution in [0, 0.1) is 17.3 Å². The van der Waals surface area contributed by atoms with Crippen LogP contribution in [0.4, 0.5) is 0 Å². The van der Waals surface area contributed by atoms with E-state index in [1.54, 1.807) is 0 Å². The lowest BCUT2D eigenvalue weighted by molar-refractivity contribution is -0.159. The molecule has 2 fully saturated rings. The van der Waals surface area contributed by atoms with Crippen LogP contribution < -0.4 is 0 Å². The van der Waals surface area contributed by atoms with Crippen molar-refractivity contribution in [1.82, 2.24) is 0 Å². The molecule has 0 unspecified atom stereocenters. The minimum atomic E-state index is -0.533. The molecule has 0 aliphatic heterocycles. The molecule has 0 spiro atoms. The van der Waals surface area contributed by atoms with E-state index < -0.39 is 11.4 Å². The van der Waals surface area contributed by atoms with E-state index in [1.165, 1.54) is 51.4 Å². The quantitative estimate of drug-likeness (QED) is 0.419. The molecule has 0 aromatic rings. The molecule has 0 saturated heterocycles. The van der Waals surface area contributed by atoms with Crippen molar-refractivity contribution in [3.63, 3.8) is 0 Å². The molecule has 2 aliphatic rings. The van der Waals surface area contributed by atoms with Crippen molar-refractivity contribution in [3.05, 3.63) is 0 Å². The third kappa shape index (κ3) is 5.97. The van der Waals surface area contributed by atoms with Crippen LogP contribution in [-0.4, -0.2) is 23.8 Å². The third-order valence-corrected chi connectivity index (χ3v) is 7.18. The van der Waals surface area contributed by atoms with Crippen LogP contribution in [0.5, 0.6) is 0 Å². The molecule has 0 amide bonds. The van der Waals surface area contributed by atoms with Gasteiger partial charge in [-0.15, -0.1) is 0 Å². The summed E-state index contributed by atoms with van der Waals surface area (Å²) in [6.45, 7) is 5.36. The molecule has 0 heterocycles. The number of ether oxygens (including phenoxy) is 1. The highest BCUT2D eigenvalue weighted by Gasteiger charge is 2.48. The summed E-state index contributed by atoms with van der Waals surface area (Å²) in [5.41, 5.74) is -0.460. The monoisotopic (exact) mass is 366 g/mol. The van der Waals surface area contributed by atoms with Crippen LogP contribution in [0.15, 0.2) is 0 Å². The number of unbranched alkanes of at least 4 members (excludes halogenated alkanes) is 4. The summed E-state index contributed by atoms with van der Waals surface area (Å²) in [6, 6.07) is 0. The number of hydrogen-bond donors (Lipinski definition) is 1. The van der Waals surface area contributed by atoms with Gasteiger partial charge in [0.15, 0.2) is 0 Å². The Morgan fingerprint density at radius 1 is 0.923 bits per heavy atom. The summed E-state index contributed by atoms with van der Waals surface area (Å²) in [6.07, 6.45) is 17.5. The average molecular weight is 367 g/mol. The molecule has 152 valence electrons. The van der Waals surface area contributed by atoms with E-state index in [2.05, 4.69) is 13.8 Å². The second kappa shape index (κ2) is 11.3. The summed E-state index contributed by atoms with van der Waals surface area (Å²) in [5.74, 6) is 0.701. The first-order valence-electron chi connectivity index (χ1n) is 11.5. The Balaban J connectivity index is 1.75. The number of carboxylic acids is 1. The van der Waals surface area contributed by atoms with Gasteiger partial charge in [0.05, 0.1) is 11.5 Å². The zero-order valence-electron chi connectivity index (χ0n) is 17.3. The van der Waals surface area contributed by atoms with Crippen molar-refractivity contribution < 1.29 is 14.6 Å². The molecular weight excluding hydrogens is 324 g/mol. The Bertz CT molecular complexity index is 390. The van der Waals surface area contributed by atoms with Gasteiger partial charge in [0.2, 0.25) is 0 Å². The van der Waals surface area contributed by atoms with E-state index in [0.717, 1.165) is 57.5 Å². The SMILES string of the molecule is CCCCCCCOC1CCC(C(=O)O)(C2CCC(CCC)CC2)CC1. The maximum absolute atomic E-state index is 12.2. The normalized spacial score (nSPS) is 32.5. The van der Waals surface area contributed by atoms with Gasteiger partial charge < -0.3 is 9.84 Å². The Kier molecular flexibility index (Phi) is 9.45. The molecule has 0 radical (unpaired) electrons. The molecule has 3 heteroatoms. The third-order valence-electron chi connectivity index (χ3n) is 7.18. The molecular formula is C23H42O3. The van der Waals surface area contributed by atoms with Gasteiger partial charge in [-0.2, -0.15) is 0 Å².